The number of rotatable bonds is 5. The minimum Gasteiger partial charge on any atom is -0.497 e. The highest BCUT2D eigenvalue weighted by Crippen LogP contribution is 2.52. The van der Waals surface area contributed by atoms with Gasteiger partial charge in [-0.2, -0.15) is 0 Å². The average Bonchev–Trinajstić information content (AvgIpc) is 3.75. The van der Waals surface area contributed by atoms with E-state index in [1.54, 1.807) is 6.26 Å². The summed E-state index contributed by atoms with van der Waals surface area (Å²) in [7, 11) is 2.96. The predicted octanol–water partition coefficient (Wildman–Crippen LogP) is 7.20. The molecular formula is C42H46N4O5. The number of methoxy groups -OCH3 is 2. The van der Waals surface area contributed by atoms with Crippen molar-refractivity contribution in [2.45, 2.75) is 57.7 Å². The molecule has 0 radical (unpaired) electrons. The zero-order chi connectivity index (χ0) is 35.0. The third kappa shape index (κ3) is 5.06. The van der Waals surface area contributed by atoms with Gasteiger partial charge in [0.2, 0.25) is 0 Å². The molecule has 5 aliphatic rings. The Morgan fingerprint density at radius 2 is 1.73 bits per heavy atom. The molecule has 1 unspecified atom stereocenters. The van der Waals surface area contributed by atoms with Crippen LogP contribution in [0, 0.1) is 23.7 Å². The number of aromatic nitrogens is 2. The van der Waals surface area contributed by atoms with Gasteiger partial charge in [-0.15, -0.1) is 0 Å². The number of ether oxygens (including phenoxy) is 3. The number of piperidine rings is 2. The predicted molar refractivity (Wildman–Crippen MR) is 196 cm³/mol. The van der Waals surface area contributed by atoms with Crippen LogP contribution in [0.15, 0.2) is 78.2 Å². The average molecular weight is 687 g/mol. The second-order valence-corrected chi connectivity index (χ2v) is 15.1. The zero-order valence-electron chi connectivity index (χ0n) is 29.8. The van der Waals surface area contributed by atoms with Crippen molar-refractivity contribution >= 4 is 39.3 Å². The van der Waals surface area contributed by atoms with Crippen LogP contribution in [0.2, 0.25) is 0 Å². The second kappa shape index (κ2) is 12.5. The summed E-state index contributed by atoms with van der Waals surface area (Å²) < 4.78 is 16.9. The summed E-state index contributed by atoms with van der Waals surface area (Å²) >= 11 is 0. The lowest BCUT2D eigenvalue weighted by molar-refractivity contribution is -0.147. The molecule has 0 aliphatic carbocycles. The van der Waals surface area contributed by atoms with Gasteiger partial charge in [-0.05, 0) is 68.7 Å². The Labute approximate surface area is 298 Å². The summed E-state index contributed by atoms with van der Waals surface area (Å²) in [5.41, 5.74) is 10.4. The largest absolute Gasteiger partial charge is 0.497 e. The molecule has 0 bridgehead atoms. The number of carbonyl (C=O) groups excluding carboxylic acids is 2. The summed E-state index contributed by atoms with van der Waals surface area (Å²) in [5.74, 6) is -0.670. The van der Waals surface area contributed by atoms with Crippen molar-refractivity contribution in [1.29, 1.82) is 0 Å². The molecule has 264 valence electrons. The van der Waals surface area contributed by atoms with Gasteiger partial charge in [0.15, 0.2) is 0 Å². The van der Waals surface area contributed by atoms with Crippen LogP contribution in [0.5, 0.6) is 0 Å². The van der Waals surface area contributed by atoms with E-state index in [1.807, 2.05) is 0 Å². The summed E-state index contributed by atoms with van der Waals surface area (Å²) in [6.45, 7) is 6.79. The molecule has 2 aromatic carbocycles. The third-order valence-electron chi connectivity index (χ3n) is 12.8. The first-order valence-electron chi connectivity index (χ1n) is 18.5. The van der Waals surface area contributed by atoms with Crippen LogP contribution < -0.4 is 0 Å². The summed E-state index contributed by atoms with van der Waals surface area (Å²) in [5, 5.41) is 2.47. The number of nitrogens with one attached hydrogen (secondary N) is 2. The van der Waals surface area contributed by atoms with E-state index in [2.05, 4.69) is 94.4 Å². The molecule has 0 spiro atoms. The van der Waals surface area contributed by atoms with E-state index < -0.39 is 0 Å². The maximum Gasteiger partial charge on any atom is 0.337 e. The maximum absolute atomic E-state index is 14.1. The number of para-hydroxylation sites is 2. The minimum absolute atomic E-state index is 0.0203. The van der Waals surface area contributed by atoms with E-state index in [1.165, 1.54) is 47.5 Å². The molecule has 0 amide bonds. The molecule has 2 saturated heterocycles. The number of allylic oxidation sites excluding steroid dienone is 2. The fraction of sp³-hybridized carbons (Fsp3) is 0.429. The Hall–Kier alpha value is -4.76. The molecule has 0 saturated carbocycles. The van der Waals surface area contributed by atoms with E-state index >= 15 is 0 Å². The van der Waals surface area contributed by atoms with E-state index in [4.69, 9.17) is 14.2 Å². The van der Waals surface area contributed by atoms with Crippen molar-refractivity contribution in [3.8, 4) is 0 Å². The summed E-state index contributed by atoms with van der Waals surface area (Å²) in [4.78, 5) is 39.6. The van der Waals surface area contributed by atoms with Gasteiger partial charge in [0.05, 0.1) is 44.1 Å². The first-order valence-corrected chi connectivity index (χ1v) is 18.5. The number of esters is 2. The Morgan fingerprint density at radius 1 is 0.980 bits per heavy atom. The van der Waals surface area contributed by atoms with Crippen LogP contribution in [-0.2, 0) is 30.2 Å². The lowest BCUT2D eigenvalue weighted by Crippen LogP contribution is -2.49. The summed E-state index contributed by atoms with van der Waals surface area (Å²) in [6, 6.07) is 17.3. The molecule has 5 aliphatic heterocycles. The van der Waals surface area contributed by atoms with E-state index in [9.17, 15) is 9.59 Å². The highest BCUT2D eigenvalue weighted by molar-refractivity contribution is 5.96. The van der Waals surface area contributed by atoms with Crippen molar-refractivity contribution in [1.82, 2.24) is 19.8 Å². The van der Waals surface area contributed by atoms with Crippen molar-refractivity contribution in [2.24, 2.45) is 23.7 Å². The molecule has 7 atom stereocenters. The molecule has 9 rings (SSSR count). The number of hydrogen-bond donors (Lipinski definition) is 2. The number of carbonyl (C=O) groups is 2. The second-order valence-electron chi connectivity index (χ2n) is 15.1. The Bertz CT molecular complexity index is 2140. The van der Waals surface area contributed by atoms with Gasteiger partial charge in [-0.25, -0.2) is 4.79 Å². The van der Waals surface area contributed by atoms with Crippen molar-refractivity contribution in [2.75, 3.05) is 33.9 Å². The van der Waals surface area contributed by atoms with Crippen LogP contribution >= 0.6 is 0 Å². The highest BCUT2D eigenvalue weighted by Gasteiger charge is 2.48. The lowest BCUT2D eigenvalue weighted by Gasteiger charge is -2.49. The summed E-state index contributed by atoms with van der Waals surface area (Å²) in [6.07, 6.45) is 9.32. The molecule has 4 aromatic rings. The SMILES string of the molecule is C/C=C1/CN2CCc3c([nH]c4ccccc34)[C@@H]2C[C@@H]1[C@H](CC1=CN2C[C@H]3[C@H](C)OC=C(C(=O)OC)[C@H]3CC2c2[nH]c3ccccc3c21)C(=O)OC. The standard InChI is InChI=1S/C42H46N4O5/c1-5-24-19-45-15-14-27-26-10-6-8-12-34(26)43-39(27)36(45)17-29(24)31(41(47)49-3)16-25-20-46-21-32-23(2)51-22-33(42(48)50-4)30(32)18-37(46)40-38(25)28-11-7-9-13-35(28)44-40/h5-13,20,22-23,29-32,36-37,43-44H,14-19,21H2,1-4H3/b24-5-/t23-,29-,30-,31-,32-,36-,37?/m0/s1. The molecule has 9 nitrogen and oxygen atoms in total. The number of fused-ring (bicyclic) bond motifs is 11. The number of H-pyrrole nitrogens is 2. The zero-order valence-corrected chi connectivity index (χ0v) is 29.8. The molecule has 2 N–H and O–H groups in total. The lowest BCUT2D eigenvalue weighted by atomic mass is 9.70. The fourth-order valence-electron chi connectivity index (χ4n) is 10.2. The molecule has 7 heterocycles. The van der Waals surface area contributed by atoms with E-state index in [-0.39, 0.29) is 53.8 Å². The number of aromatic amines is 2. The number of benzene rings is 2. The maximum atomic E-state index is 14.1. The minimum atomic E-state index is -0.356. The molecule has 51 heavy (non-hydrogen) atoms. The molecule has 2 fully saturated rings. The van der Waals surface area contributed by atoms with Gasteiger partial charge in [0.25, 0.3) is 0 Å². The third-order valence-corrected chi connectivity index (χ3v) is 12.8. The van der Waals surface area contributed by atoms with Crippen LogP contribution in [0.3, 0.4) is 0 Å². The van der Waals surface area contributed by atoms with Gasteiger partial charge in [0.1, 0.15) is 6.10 Å². The first-order chi connectivity index (χ1) is 24.9. The van der Waals surface area contributed by atoms with Gasteiger partial charge in [-0.1, -0.05) is 48.0 Å². The van der Waals surface area contributed by atoms with Crippen molar-refractivity contribution in [3.05, 3.63) is 101 Å². The smallest absolute Gasteiger partial charge is 0.337 e. The Balaban J connectivity index is 1.10. The molecule has 9 heteroatoms. The van der Waals surface area contributed by atoms with Gasteiger partial charge in [-0.3, -0.25) is 9.69 Å². The molecular weight excluding hydrogens is 640 g/mol. The van der Waals surface area contributed by atoms with E-state index in [0.717, 1.165) is 61.1 Å². The Morgan fingerprint density at radius 3 is 2.49 bits per heavy atom. The first kappa shape index (κ1) is 32.2. The van der Waals surface area contributed by atoms with Crippen LogP contribution in [0.4, 0.5) is 0 Å². The van der Waals surface area contributed by atoms with Crippen LogP contribution in [0.25, 0.3) is 27.4 Å². The van der Waals surface area contributed by atoms with Crippen molar-refractivity contribution < 1.29 is 23.8 Å². The van der Waals surface area contributed by atoms with Gasteiger partial charge >= 0.3 is 11.9 Å². The van der Waals surface area contributed by atoms with Gasteiger partial charge in [0, 0.05) is 76.4 Å². The monoisotopic (exact) mass is 686 g/mol. The number of hydrogen-bond acceptors (Lipinski definition) is 7. The van der Waals surface area contributed by atoms with E-state index in [0.29, 0.717) is 12.0 Å². The number of nitrogens with zero attached hydrogens (tertiary/aromatic N) is 2. The topological polar surface area (TPSA) is 99.9 Å². The van der Waals surface area contributed by atoms with Crippen LogP contribution in [-0.4, -0.2) is 71.7 Å². The van der Waals surface area contributed by atoms with Crippen LogP contribution in [0.1, 0.15) is 67.7 Å². The van der Waals surface area contributed by atoms with Gasteiger partial charge < -0.3 is 29.1 Å². The fourth-order valence-corrected chi connectivity index (χ4v) is 10.2. The normalized spacial score (nSPS) is 28.4. The quantitative estimate of drug-likeness (QED) is 0.169. The highest BCUT2D eigenvalue weighted by atomic mass is 16.5. The molecule has 2 aromatic heterocycles. The van der Waals surface area contributed by atoms with Crippen molar-refractivity contribution in [3.63, 3.8) is 0 Å². The Kier molecular flexibility index (Phi) is 7.87.